The normalized spacial score (nSPS) is 15.6. The minimum absolute atomic E-state index is 0.156. The summed E-state index contributed by atoms with van der Waals surface area (Å²) in [4.78, 5) is 11.9. The summed E-state index contributed by atoms with van der Waals surface area (Å²) in [6.45, 7) is 2.20. The molecule has 1 aliphatic rings. The lowest BCUT2D eigenvalue weighted by atomic mass is 9.91. The zero-order valence-corrected chi connectivity index (χ0v) is 13.7. The number of rotatable bonds is 6. The van der Waals surface area contributed by atoms with Crippen LogP contribution in [0.15, 0.2) is 16.6 Å². The largest absolute Gasteiger partial charge is 0.469 e. The highest BCUT2D eigenvalue weighted by Gasteiger charge is 2.30. The summed E-state index contributed by atoms with van der Waals surface area (Å²) in [5.74, 6) is 0.207. The number of benzene rings is 1. The average molecular weight is 359 g/mol. The first-order chi connectivity index (χ1) is 10.1. The molecule has 0 aromatic heterocycles. The van der Waals surface area contributed by atoms with E-state index in [2.05, 4.69) is 15.9 Å². The number of esters is 1. The standard InChI is InChI=1S/C15H19BrO5/c1-3-4-5-10(15(18)19-2)13(17)9-6-11(16)14-12(7-9)20-8-21-14/h6-7,10,13,17H,3-5,8H2,1-2H3. The Morgan fingerprint density at radius 1 is 1.48 bits per heavy atom. The van der Waals surface area contributed by atoms with Gasteiger partial charge in [-0.2, -0.15) is 0 Å². The minimum atomic E-state index is -0.935. The first kappa shape index (κ1) is 16.1. The number of aliphatic hydroxyl groups excluding tert-OH is 1. The van der Waals surface area contributed by atoms with Crippen molar-refractivity contribution in [3.05, 3.63) is 22.2 Å². The van der Waals surface area contributed by atoms with Gasteiger partial charge in [0.1, 0.15) is 0 Å². The van der Waals surface area contributed by atoms with Gasteiger partial charge in [-0.15, -0.1) is 0 Å². The quantitative estimate of drug-likeness (QED) is 0.791. The van der Waals surface area contributed by atoms with Gasteiger partial charge in [-0.1, -0.05) is 19.8 Å². The summed E-state index contributed by atoms with van der Waals surface area (Å²) >= 11 is 3.39. The molecule has 1 aliphatic heterocycles. The Labute approximate surface area is 132 Å². The van der Waals surface area contributed by atoms with Gasteiger partial charge in [0.2, 0.25) is 6.79 Å². The second-order valence-electron chi connectivity index (χ2n) is 4.95. The van der Waals surface area contributed by atoms with Crippen LogP contribution < -0.4 is 9.47 Å². The van der Waals surface area contributed by atoms with Crippen molar-refractivity contribution in [2.75, 3.05) is 13.9 Å². The third kappa shape index (κ3) is 3.49. The molecule has 0 spiro atoms. The predicted molar refractivity (Wildman–Crippen MR) is 80.3 cm³/mol. The van der Waals surface area contributed by atoms with Crippen LogP contribution in [-0.4, -0.2) is 25.0 Å². The Hall–Kier alpha value is -1.27. The van der Waals surface area contributed by atoms with Crippen molar-refractivity contribution >= 4 is 21.9 Å². The third-order valence-electron chi connectivity index (χ3n) is 3.54. The molecule has 1 heterocycles. The van der Waals surface area contributed by atoms with Crippen LogP contribution in [0.2, 0.25) is 0 Å². The maximum Gasteiger partial charge on any atom is 0.311 e. The number of aliphatic hydroxyl groups is 1. The summed E-state index contributed by atoms with van der Waals surface area (Å²) in [6.07, 6.45) is 1.44. The van der Waals surface area contributed by atoms with Gasteiger partial charge >= 0.3 is 5.97 Å². The Morgan fingerprint density at radius 2 is 2.24 bits per heavy atom. The molecule has 2 rings (SSSR count). The fourth-order valence-electron chi connectivity index (χ4n) is 2.37. The molecule has 1 N–H and O–H groups in total. The molecule has 0 amide bonds. The van der Waals surface area contributed by atoms with Crippen LogP contribution in [0.4, 0.5) is 0 Å². The summed E-state index contributed by atoms with van der Waals surface area (Å²) in [5.41, 5.74) is 0.609. The topological polar surface area (TPSA) is 65.0 Å². The van der Waals surface area contributed by atoms with E-state index in [9.17, 15) is 9.90 Å². The molecule has 116 valence electrons. The van der Waals surface area contributed by atoms with Gasteiger partial charge in [-0.05, 0) is 40.0 Å². The molecule has 2 atom stereocenters. The molecular weight excluding hydrogens is 340 g/mol. The molecule has 0 aliphatic carbocycles. The molecule has 0 bridgehead atoms. The highest BCUT2D eigenvalue weighted by molar-refractivity contribution is 9.10. The predicted octanol–water partition coefficient (Wildman–Crippen LogP) is 3.19. The summed E-state index contributed by atoms with van der Waals surface area (Å²) < 4.78 is 16.2. The van der Waals surface area contributed by atoms with Crippen LogP contribution in [0.5, 0.6) is 11.5 Å². The van der Waals surface area contributed by atoms with Crippen LogP contribution in [0, 0.1) is 5.92 Å². The summed E-state index contributed by atoms with van der Waals surface area (Å²) in [7, 11) is 1.34. The van der Waals surface area contributed by atoms with Crippen LogP contribution in [0.25, 0.3) is 0 Å². The van der Waals surface area contributed by atoms with Crippen molar-refractivity contribution in [2.24, 2.45) is 5.92 Å². The number of hydrogen-bond donors (Lipinski definition) is 1. The van der Waals surface area contributed by atoms with Gasteiger partial charge in [0, 0.05) is 0 Å². The van der Waals surface area contributed by atoms with Crippen LogP contribution in [0.1, 0.15) is 37.9 Å². The lowest BCUT2D eigenvalue weighted by Crippen LogP contribution is -2.23. The molecule has 0 saturated carbocycles. The molecule has 0 fully saturated rings. The Kier molecular flexibility index (Phi) is 5.47. The molecular formula is C15H19BrO5. The Morgan fingerprint density at radius 3 is 2.90 bits per heavy atom. The van der Waals surface area contributed by atoms with Gasteiger partial charge in [-0.25, -0.2) is 0 Å². The lowest BCUT2D eigenvalue weighted by molar-refractivity contribution is -0.150. The minimum Gasteiger partial charge on any atom is -0.469 e. The van der Waals surface area contributed by atoms with E-state index >= 15 is 0 Å². The SMILES string of the molecule is CCCCC(C(=O)OC)C(O)c1cc(Br)c2c(c1)OCO2. The first-order valence-electron chi connectivity index (χ1n) is 6.93. The zero-order chi connectivity index (χ0) is 15.4. The molecule has 2 unspecified atom stereocenters. The van der Waals surface area contributed by atoms with E-state index in [1.807, 2.05) is 6.92 Å². The van der Waals surface area contributed by atoms with Crippen molar-refractivity contribution < 1.29 is 24.1 Å². The lowest BCUT2D eigenvalue weighted by Gasteiger charge is -2.21. The summed E-state index contributed by atoms with van der Waals surface area (Å²) in [5, 5.41) is 10.5. The first-order valence-corrected chi connectivity index (χ1v) is 7.72. The third-order valence-corrected chi connectivity index (χ3v) is 4.13. The number of ether oxygens (including phenoxy) is 3. The van der Waals surface area contributed by atoms with E-state index in [-0.39, 0.29) is 6.79 Å². The van der Waals surface area contributed by atoms with Crippen LogP contribution >= 0.6 is 15.9 Å². The van der Waals surface area contributed by atoms with Crippen molar-refractivity contribution in [3.63, 3.8) is 0 Å². The van der Waals surface area contributed by atoms with Crippen LogP contribution in [0.3, 0.4) is 0 Å². The van der Waals surface area contributed by atoms with E-state index < -0.39 is 18.0 Å². The fourth-order valence-corrected chi connectivity index (χ4v) is 2.94. The van der Waals surface area contributed by atoms with Crippen molar-refractivity contribution in [1.29, 1.82) is 0 Å². The monoisotopic (exact) mass is 358 g/mol. The number of carbonyl (C=O) groups is 1. The Balaban J connectivity index is 2.25. The highest BCUT2D eigenvalue weighted by atomic mass is 79.9. The Bertz CT molecular complexity index is 517. The van der Waals surface area contributed by atoms with Gasteiger partial charge < -0.3 is 19.3 Å². The van der Waals surface area contributed by atoms with E-state index in [1.165, 1.54) is 7.11 Å². The van der Waals surface area contributed by atoms with E-state index in [1.54, 1.807) is 12.1 Å². The number of methoxy groups -OCH3 is 1. The second-order valence-corrected chi connectivity index (χ2v) is 5.81. The summed E-state index contributed by atoms with van der Waals surface area (Å²) in [6, 6.07) is 3.46. The second kappa shape index (κ2) is 7.13. The number of halogens is 1. The van der Waals surface area contributed by atoms with Crippen molar-refractivity contribution in [3.8, 4) is 11.5 Å². The molecule has 0 saturated heterocycles. The molecule has 0 radical (unpaired) electrons. The van der Waals surface area contributed by atoms with Crippen molar-refractivity contribution in [1.82, 2.24) is 0 Å². The van der Waals surface area contributed by atoms with Crippen molar-refractivity contribution in [2.45, 2.75) is 32.3 Å². The molecule has 1 aromatic rings. The number of fused-ring (bicyclic) bond motifs is 1. The fraction of sp³-hybridized carbons (Fsp3) is 0.533. The van der Waals surface area contributed by atoms with E-state index in [4.69, 9.17) is 14.2 Å². The highest BCUT2D eigenvalue weighted by Crippen LogP contribution is 2.42. The number of carbonyl (C=O) groups excluding carboxylic acids is 1. The molecule has 6 heteroatoms. The smallest absolute Gasteiger partial charge is 0.311 e. The number of hydrogen-bond acceptors (Lipinski definition) is 5. The maximum absolute atomic E-state index is 11.9. The van der Waals surface area contributed by atoms with Gasteiger partial charge in [0.15, 0.2) is 11.5 Å². The van der Waals surface area contributed by atoms with Gasteiger partial charge in [0.05, 0.1) is 23.6 Å². The van der Waals surface area contributed by atoms with Gasteiger partial charge in [-0.3, -0.25) is 4.79 Å². The molecule has 1 aromatic carbocycles. The van der Waals surface area contributed by atoms with E-state index in [0.29, 0.717) is 28.0 Å². The van der Waals surface area contributed by atoms with Gasteiger partial charge in [0.25, 0.3) is 0 Å². The maximum atomic E-state index is 11.9. The van der Waals surface area contributed by atoms with Crippen LogP contribution in [-0.2, 0) is 9.53 Å². The zero-order valence-electron chi connectivity index (χ0n) is 12.1. The average Bonchev–Trinajstić information content (AvgIpc) is 2.96. The molecule has 21 heavy (non-hydrogen) atoms. The molecule has 5 nitrogen and oxygen atoms in total. The van der Waals surface area contributed by atoms with E-state index in [0.717, 1.165) is 12.8 Å². The number of unbranched alkanes of at least 4 members (excludes halogenated alkanes) is 1.